The number of hydrogen-bond donors (Lipinski definition) is 2. The molecule has 9 heteroatoms. The summed E-state index contributed by atoms with van der Waals surface area (Å²) in [4.78, 5) is 41.7. The number of piperidine rings is 1. The van der Waals surface area contributed by atoms with E-state index in [9.17, 15) is 19.5 Å². The second-order valence-electron chi connectivity index (χ2n) is 14.2. The van der Waals surface area contributed by atoms with Crippen molar-refractivity contribution >= 4 is 41.8 Å². The van der Waals surface area contributed by atoms with E-state index < -0.39 is 29.1 Å². The van der Waals surface area contributed by atoms with Gasteiger partial charge >= 0.3 is 5.97 Å². The fourth-order valence-corrected chi connectivity index (χ4v) is 9.71. The number of aliphatic hydroxyl groups is 1. The minimum atomic E-state index is -0.671. The average molecular weight is 613 g/mol. The molecule has 3 N–H and O–H groups in total. The molecule has 1 amide bonds. The highest BCUT2D eigenvalue weighted by atomic mass is 35.5. The van der Waals surface area contributed by atoms with Crippen LogP contribution in [0.1, 0.15) is 86.5 Å². The highest BCUT2D eigenvalue weighted by Crippen LogP contribution is 2.68. The van der Waals surface area contributed by atoms with Crippen molar-refractivity contribution in [2.75, 3.05) is 18.8 Å². The number of nitrogens with zero attached hydrogens (tertiary/aromatic N) is 1. The Balaban J connectivity index is 0.00000462. The van der Waals surface area contributed by atoms with Crippen molar-refractivity contribution in [3.8, 4) is 0 Å². The molecule has 4 rings (SSSR count). The van der Waals surface area contributed by atoms with E-state index in [1.807, 2.05) is 31.7 Å². The van der Waals surface area contributed by atoms with Crippen LogP contribution in [0.5, 0.6) is 0 Å². The van der Waals surface area contributed by atoms with Crippen LogP contribution in [0.2, 0.25) is 0 Å². The van der Waals surface area contributed by atoms with Gasteiger partial charge in [0.2, 0.25) is 5.91 Å². The Morgan fingerprint density at radius 1 is 1.24 bits per heavy atom. The number of esters is 1. The first-order valence-electron chi connectivity index (χ1n) is 15.4. The van der Waals surface area contributed by atoms with Crippen LogP contribution in [0.4, 0.5) is 0 Å². The van der Waals surface area contributed by atoms with Gasteiger partial charge in [0.1, 0.15) is 11.9 Å². The largest absolute Gasteiger partial charge is 0.461 e. The van der Waals surface area contributed by atoms with E-state index in [0.29, 0.717) is 25.9 Å². The van der Waals surface area contributed by atoms with Gasteiger partial charge in [0, 0.05) is 41.5 Å². The number of rotatable bonds is 7. The normalized spacial score (nSPS) is 41.5. The average Bonchev–Trinajstić information content (AvgIpc) is 3.29. The molecule has 2 bridgehead atoms. The number of thioether (sulfide) groups is 1. The Bertz CT molecular complexity index is 1010. The lowest BCUT2D eigenvalue weighted by Crippen LogP contribution is -2.63. The van der Waals surface area contributed by atoms with Crippen molar-refractivity contribution in [2.45, 2.75) is 110 Å². The summed E-state index contributed by atoms with van der Waals surface area (Å²) in [6, 6.07) is -0.506. The van der Waals surface area contributed by atoms with Gasteiger partial charge in [-0.05, 0) is 61.7 Å². The predicted octanol–water partition coefficient (Wildman–Crippen LogP) is 5.02. The lowest BCUT2D eigenvalue weighted by molar-refractivity contribution is -0.205. The molecule has 3 aliphatic carbocycles. The van der Waals surface area contributed by atoms with Gasteiger partial charge in [-0.2, -0.15) is 0 Å². The molecule has 0 aromatic heterocycles. The van der Waals surface area contributed by atoms with Gasteiger partial charge in [-0.3, -0.25) is 14.4 Å². The second-order valence-corrected chi connectivity index (χ2v) is 15.5. The predicted molar refractivity (Wildman–Crippen MR) is 167 cm³/mol. The molecule has 1 heterocycles. The Labute approximate surface area is 257 Å². The molecule has 234 valence electrons. The number of hydrogen-bond acceptors (Lipinski definition) is 7. The molecule has 4 fully saturated rings. The van der Waals surface area contributed by atoms with Gasteiger partial charge in [0.15, 0.2) is 0 Å². The summed E-state index contributed by atoms with van der Waals surface area (Å²) >= 11 is 1.55. The molecule has 41 heavy (non-hydrogen) atoms. The van der Waals surface area contributed by atoms with E-state index in [1.54, 1.807) is 11.8 Å². The van der Waals surface area contributed by atoms with Gasteiger partial charge in [0.05, 0.1) is 17.9 Å². The lowest BCUT2D eigenvalue weighted by atomic mass is 9.44. The van der Waals surface area contributed by atoms with E-state index in [-0.39, 0.29) is 70.2 Å². The molecule has 3 unspecified atom stereocenters. The van der Waals surface area contributed by atoms with Crippen LogP contribution in [0.15, 0.2) is 12.7 Å². The van der Waals surface area contributed by atoms with Gasteiger partial charge < -0.3 is 20.5 Å². The quantitative estimate of drug-likeness (QED) is 0.307. The summed E-state index contributed by atoms with van der Waals surface area (Å²) in [6.45, 7) is 17.8. The first-order valence-corrected chi connectivity index (χ1v) is 16.5. The minimum Gasteiger partial charge on any atom is -0.461 e. The maximum Gasteiger partial charge on any atom is 0.316 e. The van der Waals surface area contributed by atoms with Crippen LogP contribution < -0.4 is 5.73 Å². The molecular weight excluding hydrogens is 560 g/mol. The zero-order valence-corrected chi connectivity index (χ0v) is 27.5. The van der Waals surface area contributed by atoms with E-state index in [0.717, 1.165) is 32.1 Å². The molecule has 3 saturated carbocycles. The Kier molecular flexibility index (Phi) is 10.8. The molecule has 0 aromatic carbocycles. The number of amides is 1. The summed E-state index contributed by atoms with van der Waals surface area (Å²) < 4.78 is 6.38. The number of carbonyl (C=O) groups excluding carboxylic acids is 3. The van der Waals surface area contributed by atoms with Gasteiger partial charge in [-0.25, -0.2) is 0 Å². The fourth-order valence-electron chi connectivity index (χ4n) is 8.65. The number of carbonyl (C=O) groups is 3. The summed E-state index contributed by atoms with van der Waals surface area (Å²) in [6.07, 6.45) is 6.12. The molecule has 7 nitrogen and oxygen atoms in total. The van der Waals surface area contributed by atoms with Crippen molar-refractivity contribution in [3.05, 3.63) is 12.7 Å². The number of Topliss-reactive ketones (excluding diaryl/α,β-unsaturated/α-hetero) is 1. The lowest BCUT2D eigenvalue weighted by Gasteiger charge is -2.61. The molecule has 10 atom stereocenters. The first-order chi connectivity index (χ1) is 18.7. The third-order valence-corrected chi connectivity index (χ3v) is 13.0. The highest BCUT2D eigenvalue weighted by Gasteiger charge is 2.68. The van der Waals surface area contributed by atoms with E-state index >= 15 is 0 Å². The number of likely N-dealkylation sites (tertiary alicyclic amines) is 1. The van der Waals surface area contributed by atoms with Gasteiger partial charge in [-0.15, -0.1) is 30.7 Å². The third-order valence-electron chi connectivity index (χ3n) is 11.7. The van der Waals surface area contributed by atoms with Crippen LogP contribution in [-0.4, -0.2) is 70.0 Å². The first kappa shape index (κ1) is 34.4. The van der Waals surface area contributed by atoms with Crippen molar-refractivity contribution in [3.63, 3.8) is 0 Å². The van der Waals surface area contributed by atoms with Gasteiger partial charge in [0.25, 0.3) is 0 Å². The summed E-state index contributed by atoms with van der Waals surface area (Å²) in [5.41, 5.74) is 4.70. The van der Waals surface area contributed by atoms with Crippen LogP contribution in [0.25, 0.3) is 0 Å². The highest BCUT2D eigenvalue weighted by molar-refractivity contribution is 8.00. The van der Waals surface area contributed by atoms with Crippen LogP contribution >= 0.6 is 24.2 Å². The second kappa shape index (κ2) is 12.9. The Morgan fingerprint density at radius 3 is 2.56 bits per heavy atom. The van der Waals surface area contributed by atoms with Crippen LogP contribution in [0, 0.1) is 39.9 Å². The van der Waals surface area contributed by atoms with E-state index in [2.05, 4.69) is 27.4 Å². The number of ketones is 1. The van der Waals surface area contributed by atoms with E-state index in [1.165, 1.54) is 0 Å². The van der Waals surface area contributed by atoms with Crippen molar-refractivity contribution < 1.29 is 24.2 Å². The fraction of sp³-hybridized carbons (Fsp3) is 0.844. The molecule has 0 spiro atoms. The van der Waals surface area contributed by atoms with Crippen LogP contribution in [-0.2, 0) is 19.1 Å². The van der Waals surface area contributed by atoms with Crippen molar-refractivity contribution in [1.82, 2.24) is 4.90 Å². The smallest absolute Gasteiger partial charge is 0.316 e. The van der Waals surface area contributed by atoms with Crippen molar-refractivity contribution in [1.29, 1.82) is 0 Å². The Hall–Kier alpha value is -1.09. The monoisotopic (exact) mass is 612 g/mol. The summed E-state index contributed by atoms with van der Waals surface area (Å²) in [7, 11) is 0. The molecule has 0 radical (unpaired) electrons. The number of aliphatic hydroxyl groups excluding tert-OH is 1. The summed E-state index contributed by atoms with van der Waals surface area (Å²) in [5, 5.41) is 11.8. The molecule has 1 saturated heterocycles. The van der Waals surface area contributed by atoms with Crippen molar-refractivity contribution in [2.24, 2.45) is 45.7 Å². The number of nitrogens with two attached hydrogens (primary N) is 1. The molecule has 1 aliphatic heterocycles. The van der Waals surface area contributed by atoms with E-state index in [4.69, 9.17) is 10.5 Å². The molecule has 4 aliphatic rings. The maximum absolute atomic E-state index is 13.6. The van der Waals surface area contributed by atoms with Gasteiger partial charge in [-0.1, -0.05) is 47.6 Å². The topological polar surface area (TPSA) is 110 Å². The van der Waals surface area contributed by atoms with Crippen LogP contribution in [0.3, 0.4) is 0 Å². The maximum atomic E-state index is 13.6. The molecular formula is C32H53ClN2O5S. The minimum absolute atomic E-state index is 0. The Morgan fingerprint density at radius 2 is 1.93 bits per heavy atom. The number of halogens is 1. The SMILES string of the molecule is C=C[C@]1(C)C[C@@H](OC(=O)CSC2CCCN(C(=O)C(N)C(C)C)C2)[C@@]2(C)C3C(=O)CC[C@@]3(CC[C@H]2C)[C@@H](C)[C@@H]1O.Cl. The zero-order valence-electron chi connectivity index (χ0n) is 25.9. The zero-order chi connectivity index (χ0) is 29.6. The number of ether oxygens (including phenoxy) is 1. The summed E-state index contributed by atoms with van der Waals surface area (Å²) in [5.74, 6) is 0.158. The molecule has 0 aromatic rings. The standard InChI is InChI=1S/C32H52N2O5S.ClH/c1-8-30(6)16-24(31(7)20(4)11-13-32(21(5)28(30)37)14-12-23(35)27(31)32)39-25(36)18-40-22-10-9-15-34(17-22)29(38)26(33)19(2)3;/h8,19-22,24,26-28,37H,1,9-18,33H2,2-7H3;1H/t20-,21+,22?,24-,26?,27?,28+,30-,31+,32+;/m1./s1. The third kappa shape index (κ3) is 6.01.